The first-order chi connectivity index (χ1) is 20.3. The first-order valence-corrected chi connectivity index (χ1v) is 19.6. The summed E-state index contributed by atoms with van der Waals surface area (Å²) in [6.45, 7) is 21.0. The number of benzene rings is 4. The van der Waals surface area contributed by atoms with Crippen molar-refractivity contribution in [1.29, 1.82) is 0 Å². The summed E-state index contributed by atoms with van der Waals surface area (Å²) in [6, 6.07) is 35.5. The van der Waals surface area contributed by atoms with E-state index >= 15 is 0 Å². The minimum absolute atomic E-state index is 0. The fraction of sp³-hybridized carbons (Fsp3) is 0.310. The van der Waals surface area contributed by atoms with Crippen LogP contribution in [-0.2, 0) is 38.5 Å². The third kappa shape index (κ3) is 6.74. The van der Waals surface area contributed by atoms with E-state index < -0.39 is 21.3 Å². The van der Waals surface area contributed by atoms with E-state index in [1.807, 2.05) is 0 Å². The van der Waals surface area contributed by atoms with Crippen LogP contribution < -0.4 is 28.1 Å². The summed E-state index contributed by atoms with van der Waals surface area (Å²) < 4.78 is 4.99. The molecule has 0 saturated heterocycles. The molecule has 232 valence electrons. The quantitative estimate of drug-likeness (QED) is 0.262. The van der Waals surface area contributed by atoms with E-state index in [9.17, 15) is 0 Å². The van der Waals surface area contributed by atoms with Crippen molar-refractivity contribution < 1.29 is 46.1 Å². The largest absolute Gasteiger partial charge is 1.00 e. The monoisotopic (exact) mass is 710 g/mol. The molecular weight excluding hydrogens is 667 g/mol. The van der Waals surface area contributed by atoms with Crippen molar-refractivity contribution in [2.45, 2.75) is 79.6 Å². The maximum atomic E-state index is 2.52. The predicted molar refractivity (Wildman–Crippen MR) is 183 cm³/mol. The van der Waals surface area contributed by atoms with Crippen LogP contribution in [0.25, 0.3) is 11.1 Å². The van der Waals surface area contributed by atoms with Gasteiger partial charge in [-0.1, -0.05) is 0 Å². The zero-order chi connectivity index (χ0) is 30.7. The Morgan fingerprint density at radius 2 is 1.16 bits per heavy atom. The second kappa shape index (κ2) is 13.4. The van der Waals surface area contributed by atoms with Crippen LogP contribution in [0.2, 0.25) is 0 Å². The molecule has 0 bridgehead atoms. The number of allylic oxidation sites excluding steroid dienone is 4. The molecule has 2 aliphatic rings. The molecule has 1 atom stereocenters. The van der Waals surface area contributed by atoms with Crippen molar-refractivity contribution in [2.24, 2.45) is 5.92 Å². The van der Waals surface area contributed by atoms with Crippen LogP contribution in [0.15, 0.2) is 111 Å². The molecule has 3 heteroatoms. The molecule has 0 N–H and O–H groups in total. The molecule has 45 heavy (non-hydrogen) atoms. The van der Waals surface area contributed by atoms with Crippen molar-refractivity contribution in [2.75, 3.05) is 0 Å². The molecule has 4 aromatic rings. The fourth-order valence-electron chi connectivity index (χ4n) is 7.09. The topological polar surface area (TPSA) is 0 Å². The summed E-state index contributed by atoms with van der Waals surface area (Å²) in [6.07, 6.45) is 3.56. The van der Waals surface area contributed by atoms with Crippen molar-refractivity contribution in [3.63, 3.8) is 0 Å². The summed E-state index contributed by atoms with van der Waals surface area (Å²) in [5, 5.41) is 0. The van der Waals surface area contributed by atoms with Gasteiger partial charge < -0.3 is 24.8 Å². The van der Waals surface area contributed by atoms with Crippen molar-refractivity contribution in [3.8, 4) is 11.1 Å². The van der Waals surface area contributed by atoms with Gasteiger partial charge in [-0.3, -0.25) is 0 Å². The molecule has 6 rings (SSSR count). The van der Waals surface area contributed by atoms with Crippen LogP contribution >= 0.6 is 0 Å². The molecule has 0 aromatic heterocycles. The van der Waals surface area contributed by atoms with Gasteiger partial charge >= 0.3 is 269 Å². The Labute approximate surface area is 292 Å². The van der Waals surface area contributed by atoms with E-state index in [1.165, 1.54) is 50.1 Å². The van der Waals surface area contributed by atoms with Gasteiger partial charge in [0.25, 0.3) is 0 Å². The second-order valence-electron chi connectivity index (χ2n) is 14.7. The number of fused-ring (bicyclic) bond motifs is 3. The fourth-order valence-corrected chi connectivity index (χ4v) is 16.0. The molecule has 0 aliphatic heterocycles. The maximum Gasteiger partial charge on any atom is -1.00 e. The van der Waals surface area contributed by atoms with Crippen LogP contribution in [0, 0.1) is 5.92 Å². The van der Waals surface area contributed by atoms with Crippen LogP contribution in [0.4, 0.5) is 0 Å². The van der Waals surface area contributed by atoms with E-state index in [1.54, 1.807) is 15.3 Å². The normalized spacial score (nSPS) is 15.3. The summed E-state index contributed by atoms with van der Waals surface area (Å²) in [5.74, 6) is 0.465. The summed E-state index contributed by atoms with van der Waals surface area (Å²) >= 11 is -2.77. The molecule has 0 amide bonds. The van der Waals surface area contributed by atoms with E-state index in [-0.39, 0.29) is 35.6 Å². The zero-order valence-corrected chi connectivity index (χ0v) is 32.2. The molecule has 0 radical (unpaired) electrons. The van der Waals surface area contributed by atoms with Crippen LogP contribution in [0.3, 0.4) is 0 Å². The minimum Gasteiger partial charge on any atom is -1.00 e. The van der Waals surface area contributed by atoms with Gasteiger partial charge in [0.1, 0.15) is 0 Å². The van der Waals surface area contributed by atoms with Crippen LogP contribution in [0.5, 0.6) is 0 Å². The first-order valence-electron chi connectivity index (χ1n) is 15.9. The minimum atomic E-state index is -2.77. The molecule has 2 aliphatic carbocycles. The molecule has 1 unspecified atom stereocenters. The number of halogens is 2. The molecule has 0 nitrogen and oxygen atoms in total. The van der Waals surface area contributed by atoms with Gasteiger partial charge in [0, 0.05) is 0 Å². The predicted octanol–water partition coefficient (Wildman–Crippen LogP) is 4.24. The molecule has 0 heterocycles. The third-order valence-corrected chi connectivity index (χ3v) is 18.2. The van der Waals surface area contributed by atoms with Gasteiger partial charge in [0.15, 0.2) is 0 Å². The van der Waals surface area contributed by atoms with Gasteiger partial charge in [0.05, 0.1) is 0 Å². The second-order valence-corrected chi connectivity index (χ2v) is 20.5. The zero-order valence-electron chi connectivity index (χ0n) is 28.3. The van der Waals surface area contributed by atoms with Crippen molar-refractivity contribution in [1.82, 2.24) is 0 Å². The van der Waals surface area contributed by atoms with Gasteiger partial charge in [-0.25, -0.2) is 0 Å². The molecule has 0 saturated carbocycles. The third-order valence-electron chi connectivity index (χ3n) is 9.67. The Balaban J connectivity index is 0.00000230. The van der Waals surface area contributed by atoms with Gasteiger partial charge in [-0.05, 0) is 0 Å². The number of hydrogen-bond donors (Lipinski definition) is 0. The van der Waals surface area contributed by atoms with E-state index in [2.05, 4.69) is 159 Å². The molecule has 0 spiro atoms. The average Bonchev–Trinajstić information content (AvgIpc) is 3.47. The van der Waals surface area contributed by atoms with Crippen molar-refractivity contribution in [3.05, 3.63) is 145 Å². The van der Waals surface area contributed by atoms with Crippen LogP contribution in [-0.4, -0.2) is 3.21 Å². The number of hydrogen-bond acceptors (Lipinski definition) is 0. The van der Waals surface area contributed by atoms with Gasteiger partial charge in [-0.15, -0.1) is 0 Å². The SMILES string of the molecule is CC1=CC(C)[C]([Zr+2](=[C](c2ccc(C(C)(C)C)cc2)c2ccc(C(C)(C)C)cc2)[c]2cccc3c2Cc2ccccc2-3)=C1C.[Cl-].[Cl-]. The average molecular weight is 713 g/mol. The Kier molecular flexibility index (Phi) is 10.6. The Morgan fingerprint density at radius 1 is 0.644 bits per heavy atom. The van der Waals surface area contributed by atoms with Gasteiger partial charge in [0.2, 0.25) is 0 Å². The van der Waals surface area contributed by atoms with Gasteiger partial charge in [-0.2, -0.15) is 0 Å². The Bertz CT molecular complexity index is 1750. The van der Waals surface area contributed by atoms with E-state index in [0.717, 1.165) is 6.42 Å². The summed E-state index contributed by atoms with van der Waals surface area (Å²) in [5.41, 5.74) is 14.7. The Morgan fingerprint density at radius 3 is 1.64 bits per heavy atom. The summed E-state index contributed by atoms with van der Waals surface area (Å²) in [7, 11) is 0. The first kappa shape index (κ1) is 35.5. The molecular formula is C42H46Cl2Zr. The van der Waals surface area contributed by atoms with E-state index in [0.29, 0.717) is 5.92 Å². The van der Waals surface area contributed by atoms with E-state index in [4.69, 9.17) is 0 Å². The van der Waals surface area contributed by atoms with Crippen molar-refractivity contribution >= 4 is 6.48 Å². The number of rotatable bonds is 4. The maximum absolute atomic E-state index is 2.77. The standard InChI is InChI=1S/C21H26.C13H9.C8H11.2ClH.Zr/c1-20(2,3)18-11-7-16(8-12-18)15-17-9-13-19(14-10-17)21(4,5)6;1-3-7-12-10(5-1)9-11-6-2-4-8-13(11)12;1-6-4-7(2)8(3)5-6;;;/h7-14H,1-6H3;1-5,7-8H,9H2;4,6H,1-3H3;2*1H;/q;;;;;+2/p-2. The molecule has 0 fully saturated rings. The smallest absolute Gasteiger partial charge is 1.00 e. The molecule has 4 aromatic carbocycles. The Hall–Kier alpha value is -2.31. The van der Waals surface area contributed by atoms with Crippen LogP contribution in [0.1, 0.15) is 95.7 Å². The summed E-state index contributed by atoms with van der Waals surface area (Å²) in [4.78, 5) is 0.